The number of aliphatic hydroxyl groups is 1. The number of hydrogen-bond donors (Lipinski definition) is 2. The number of nitrogens with zero attached hydrogens (tertiary/aromatic N) is 2. The third-order valence-electron chi connectivity index (χ3n) is 4.95. The van der Waals surface area contributed by atoms with E-state index in [9.17, 15) is 27.9 Å². The number of nitriles is 1. The van der Waals surface area contributed by atoms with Crippen LogP contribution in [0.1, 0.15) is 35.3 Å². The van der Waals surface area contributed by atoms with Crippen LogP contribution in [0.25, 0.3) is 10.9 Å². The van der Waals surface area contributed by atoms with Crippen molar-refractivity contribution < 1.29 is 32.6 Å². The molecule has 1 aromatic heterocycles. The lowest BCUT2D eigenvalue weighted by Crippen LogP contribution is -2.43. The van der Waals surface area contributed by atoms with Crippen LogP contribution in [0.3, 0.4) is 0 Å². The summed E-state index contributed by atoms with van der Waals surface area (Å²) in [6, 6.07) is 11.0. The van der Waals surface area contributed by atoms with Gasteiger partial charge >= 0.3 is 12.1 Å². The fraction of sp³-hybridized carbons (Fsp3) is 0.261. The average molecular weight is 459 g/mol. The van der Waals surface area contributed by atoms with Gasteiger partial charge in [-0.05, 0) is 38.1 Å². The predicted octanol–water partition coefficient (Wildman–Crippen LogP) is 4.10. The van der Waals surface area contributed by atoms with E-state index in [1.165, 1.54) is 23.8 Å². The Balaban J connectivity index is 1.89. The lowest BCUT2D eigenvalue weighted by molar-refractivity contribution is -0.138. The van der Waals surface area contributed by atoms with Crippen LogP contribution in [-0.4, -0.2) is 33.8 Å². The highest BCUT2D eigenvalue weighted by Gasteiger charge is 2.35. The summed E-state index contributed by atoms with van der Waals surface area (Å²) >= 11 is 0. The van der Waals surface area contributed by atoms with Gasteiger partial charge in [0, 0.05) is 22.8 Å². The zero-order valence-corrected chi connectivity index (χ0v) is 17.7. The Morgan fingerprint density at radius 2 is 1.91 bits per heavy atom. The lowest BCUT2D eigenvalue weighted by Gasteiger charge is -2.24. The maximum Gasteiger partial charge on any atom is 0.417 e. The number of alkyl halides is 3. The number of ether oxygens (including phenoxy) is 1. The van der Waals surface area contributed by atoms with Crippen LogP contribution in [0.2, 0.25) is 0 Å². The number of halogens is 3. The number of rotatable bonds is 6. The minimum Gasteiger partial charge on any atom is -0.462 e. The topological polar surface area (TPSA) is 104 Å². The quantitative estimate of drug-likeness (QED) is 0.540. The smallest absolute Gasteiger partial charge is 0.417 e. The van der Waals surface area contributed by atoms with E-state index >= 15 is 0 Å². The molecule has 0 aliphatic rings. The lowest BCUT2D eigenvalue weighted by atomic mass is 10.0. The Kier molecular flexibility index (Phi) is 6.46. The monoisotopic (exact) mass is 459 g/mol. The summed E-state index contributed by atoms with van der Waals surface area (Å²) in [4.78, 5) is 25.0. The molecule has 0 saturated heterocycles. The van der Waals surface area contributed by atoms with Crippen molar-refractivity contribution in [1.82, 2.24) is 4.57 Å². The summed E-state index contributed by atoms with van der Waals surface area (Å²) in [6.45, 7) is 2.75. The van der Waals surface area contributed by atoms with E-state index in [1.807, 2.05) is 0 Å². The molecular formula is C23H20F3N3O4. The zero-order chi connectivity index (χ0) is 24.4. The second-order valence-corrected chi connectivity index (χ2v) is 7.51. The van der Waals surface area contributed by atoms with Gasteiger partial charge in [0.15, 0.2) is 5.60 Å². The molecule has 7 nitrogen and oxygen atoms in total. The SMILES string of the molecule is CCOC(=O)c1cn(CC(C)(O)C(=O)Nc2ccc(C#N)c(C(F)(F)F)c2)c2ccccc12. The molecule has 0 aliphatic heterocycles. The number of carbonyl (C=O) groups is 2. The third-order valence-corrected chi connectivity index (χ3v) is 4.95. The molecule has 10 heteroatoms. The second kappa shape index (κ2) is 8.96. The number of anilines is 1. The van der Waals surface area contributed by atoms with E-state index in [4.69, 9.17) is 10.00 Å². The number of para-hydroxylation sites is 1. The molecule has 0 bridgehead atoms. The van der Waals surface area contributed by atoms with Crippen molar-refractivity contribution in [3.05, 3.63) is 65.4 Å². The Morgan fingerprint density at radius 3 is 2.55 bits per heavy atom. The van der Waals surface area contributed by atoms with Crippen LogP contribution in [0.15, 0.2) is 48.7 Å². The highest BCUT2D eigenvalue weighted by molar-refractivity contribution is 6.04. The molecule has 1 amide bonds. The van der Waals surface area contributed by atoms with Crippen molar-refractivity contribution >= 4 is 28.5 Å². The number of hydrogen-bond acceptors (Lipinski definition) is 5. The van der Waals surface area contributed by atoms with Gasteiger partial charge < -0.3 is 19.7 Å². The van der Waals surface area contributed by atoms with E-state index in [1.54, 1.807) is 31.2 Å². The van der Waals surface area contributed by atoms with Gasteiger partial charge in [-0.25, -0.2) is 4.79 Å². The van der Waals surface area contributed by atoms with Crippen molar-refractivity contribution in [2.24, 2.45) is 0 Å². The van der Waals surface area contributed by atoms with E-state index in [2.05, 4.69) is 5.32 Å². The number of benzene rings is 2. The predicted molar refractivity (Wildman–Crippen MR) is 113 cm³/mol. The molecule has 1 unspecified atom stereocenters. The minimum atomic E-state index is -4.79. The first kappa shape index (κ1) is 23.8. The molecule has 172 valence electrons. The van der Waals surface area contributed by atoms with Crippen LogP contribution >= 0.6 is 0 Å². The van der Waals surface area contributed by atoms with Crippen molar-refractivity contribution in [3.8, 4) is 6.07 Å². The molecule has 0 radical (unpaired) electrons. The van der Waals surface area contributed by atoms with E-state index in [-0.39, 0.29) is 24.4 Å². The number of carbonyl (C=O) groups excluding carboxylic acids is 2. The molecule has 33 heavy (non-hydrogen) atoms. The van der Waals surface area contributed by atoms with Crippen LogP contribution in [0.4, 0.5) is 18.9 Å². The first-order valence-corrected chi connectivity index (χ1v) is 9.88. The molecular weight excluding hydrogens is 439 g/mol. The number of aromatic nitrogens is 1. The summed E-state index contributed by atoms with van der Waals surface area (Å²) in [5.41, 5.74) is -3.25. The molecule has 1 atom stereocenters. The van der Waals surface area contributed by atoms with E-state index < -0.39 is 34.8 Å². The standard InChI is InChI=1S/C23H20F3N3O4/c1-3-33-20(30)17-12-29(19-7-5-4-6-16(17)19)13-22(2,32)21(31)28-15-9-8-14(11-27)18(10-15)23(24,25)26/h4-10,12,32H,3,13H2,1-2H3,(H,28,31). The minimum absolute atomic E-state index is 0.170. The highest BCUT2D eigenvalue weighted by atomic mass is 19.4. The molecule has 3 rings (SSSR count). The second-order valence-electron chi connectivity index (χ2n) is 7.51. The summed E-state index contributed by atoms with van der Waals surface area (Å²) in [5, 5.41) is 22.5. The summed E-state index contributed by atoms with van der Waals surface area (Å²) in [6.07, 6.45) is -3.34. The number of amides is 1. The van der Waals surface area contributed by atoms with Crippen molar-refractivity contribution in [2.45, 2.75) is 32.2 Å². The van der Waals surface area contributed by atoms with Crippen molar-refractivity contribution in [2.75, 3.05) is 11.9 Å². The number of fused-ring (bicyclic) bond motifs is 1. The molecule has 2 N–H and O–H groups in total. The number of esters is 1. The van der Waals surface area contributed by atoms with Gasteiger partial charge in [0.25, 0.3) is 5.91 Å². The maximum atomic E-state index is 13.2. The van der Waals surface area contributed by atoms with Crippen LogP contribution in [0.5, 0.6) is 0 Å². The maximum absolute atomic E-state index is 13.2. The molecule has 0 spiro atoms. The van der Waals surface area contributed by atoms with Gasteiger partial charge in [0.1, 0.15) is 0 Å². The molecule has 3 aromatic rings. The van der Waals surface area contributed by atoms with Gasteiger partial charge in [-0.1, -0.05) is 18.2 Å². The van der Waals surface area contributed by atoms with Crippen LogP contribution < -0.4 is 5.32 Å². The van der Waals surface area contributed by atoms with E-state index in [0.717, 1.165) is 12.1 Å². The number of nitrogens with one attached hydrogen (secondary N) is 1. The van der Waals surface area contributed by atoms with Gasteiger partial charge in [-0.15, -0.1) is 0 Å². The van der Waals surface area contributed by atoms with Gasteiger partial charge in [-0.2, -0.15) is 18.4 Å². The molecule has 0 saturated carbocycles. The van der Waals surface area contributed by atoms with Gasteiger partial charge in [0.2, 0.25) is 0 Å². The molecule has 2 aromatic carbocycles. The summed E-state index contributed by atoms with van der Waals surface area (Å²) < 4.78 is 46.1. The van der Waals surface area contributed by atoms with Crippen molar-refractivity contribution in [3.63, 3.8) is 0 Å². The first-order chi connectivity index (χ1) is 15.5. The Bertz CT molecular complexity index is 1260. The third kappa shape index (κ3) is 4.99. The van der Waals surface area contributed by atoms with Crippen molar-refractivity contribution in [1.29, 1.82) is 5.26 Å². The Hall–Kier alpha value is -3.84. The fourth-order valence-electron chi connectivity index (χ4n) is 3.37. The average Bonchev–Trinajstić information content (AvgIpc) is 3.11. The first-order valence-electron chi connectivity index (χ1n) is 9.88. The Morgan fingerprint density at radius 1 is 1.21 bits per heavy atom. The van der Waals surface area contributed by atoms with Gasteiger partial charge in [0.05, 0.1) is 35.9 Å². The molecule has 1 heterocycles. The zero-order valence-electron chi connectivity index (χ0n) is 17.7. The van der Waals surface area contributed by atoms with Gasteiger partial charge in [-0.3, -0.25) is 4.79 Å². The van der Waals surface area contributed by atoms with E-state index in [0.29, 0.717) is 17.0 Å². The normalized spacial score (nSPS) is 13.2. The molecule has 0 aliphatic carbocycles. The molecule has 0 fully saturated rings. The summed E-state index contributed by atoms with van der Waals surface area (Å²) in [7, 11) is 0. The summed E-state index contributed by atoms with van der Waals surface area (Å²) in [5.74, 6) is -1.52. The van der Waals surface area contributed by atoms with Crippen LogP contribution in [-0.2, 0) is 22.3 Å². The largest absolute Gasteiger partial charge is 0.462 e. The highest BCUT2D eigenvalue weighted by Crippen LogP contribution is 2.34. The fourth-order valence-corrected chi connectivity index (χ4v) is 3.37. The van der Waals surface area contributed by atoms with Crippen LogP contribution in [0, 0.1) is 11.3 Å². The Labute approximate surface area is 187 Å².